The van der Waals surface area contributed by atoms with Gasteiger partial charge in [0.15, 0.2) is 0 Å². The summed E-state index contributed by atoms with van der Waals surface area (Å²) in [5.41, 5.74) is 1.46. The Labute approximate surface area is 204 Å². The molecular formula is C24H29N7O3S. The Bertz CT molecular complexity index is 1380. The van der Waals surface area contributed by atoms with Crippen molar-refractivity contribution in [2.75, 3.05) is 42.6 Å². The monoisotopic (exact) mass is 495 g/mol. The minimum Gasteiger partial charge on any atom is -0.473 e. The van der Waals surface area contributed by atoms with Gasteiger partial charge in [-0.15, -0.1) is 0 Å². The Hall–Kier alpha value is -3.23. The summed E-state index contributed by atoms with van der Waals surface area (Å²) < 4.78 is 24.8. The van der Waals surface area contributed by atoms with Gasteiger partial charge in [-0.3, -0.25) is 0 Å². The van der Waals surface area contributed by atoms with Crippen LogP contribution in [0.4, 0.5) is 5.82 Å². The van der Waals surface area contributed by atoms with Gasteiger partial charge in [-0.2, -0.15) is 10.4 Å². The molecule has 1 saturated heterocycles. The molecule has 5 rings (SSSR count). The number of pyridine rings is 1. The van der Waals surface area contributed by atoms with E-state index in [0.29, 0.717) is 72.6 Å². The van der Waals surface area contributed by atoms with E-state index in [4.69, 9.17) is 4.74 Å². The van der Waals surface area contributed by atoms with Crippen LogP contribution in [-0.2, 0) is 9.73 Å². The van der Waals surface area contributed by atoms with Crippen LogP contribution in [-0.4, -0.2) is 72.2 Å². The molecule has 11 heteroatoms. The van der Waals surface area contributed by atoms with E-state index in [9.17, 15) is 14.6 Å². The van der Waals surface area contributed by atoms with Gasteiger partial charge in [0, 0.05) is 36.4 Å². The zero-order valence-corrected chi connectivity index (χ0v) is 20.7. The van der Waals surface area contributed by atoms with Crippen LogP contribution in [0.2, 0.25) is 0 Å². The number of nitrogens with zero attached hydrogens (tertiary/aromatic N) is 7. The molecule has 1 N–H and O–H groups in total. The summed E-state index contributed by atoms with van der Waals surface area (Å²) in [5, 5.41) is 23.9. The maximum Gasteiger partial charge on any atom is 0.233 e. The zero-order valence-electron chi connectivity index (χ0n) is 19.9. The van der Waals surface area contributed by atoms with Gasteiger partial charge in [0.2, 0.25) is 5.88 Å². The lowest BCUT2D eigenvalue weighted by molar-refractivity contribution is 0.0831. The van der Waals surface area contributed by atoms with Crippen molar-refractivity contribution in [2.45, 2.75) is 32.3 Å². The highest BCUT2D eigenvalue weighted by Gasteiger charge is 2.41. The molecule has 0 aromatic carbocycles. The van der Waals surface area contributed by atoms with E-state index < -0.39 is 15.3 Å². The number of fused-ring (bicyclic) bond motifs is 1. The van der Waals surface area contributed by atoms with Crippen molar-refractivity contribution in [3.8, 4) is 23.2 Å². The molecule has 1 aliphatic carbocycles. The van der Waals surface area contributed by atoms with Crippen LogP contribution in [0.5, 0.6) is 5.88 Å². The summed E-state index contributed by atoms with van der Waals surface area (Å²) in [6.45, 7) is 6.24. The van der Waals surface area contributed by atoms with E-state index in [1.807, 2.05) is 12.1 Å². The Kier molecular flexibility index (Phi) is 6.11. The minimum atomic E-state index is -2.15. The van der Waals surface area contributed by atoms with Crippen LogP contribution in [0.1, 0.15) is 32.3 Å². The van der Waals surface area contributed by atoms with Gasteiger partial charge >= 0.3 is 0 Å². The van der Waals surface area contributed by atoms with Gasteiger partial charge < -0.3 is 14.7 Å². The predicted octanol–water partition coefficient (Wildman–Crippen LogP) is 2.51. The third-order valence-corrected chi connectivity index (χ3v) is 8.55. The molecule has 3 aromatic rings. The Morgan fingerprint density at radius 1 is 1.29 bits per heavy atom. The van der Waals surface area contributed by atoms with Gasteiger partial charge in [-0.1, -0.05) is 13.8 Å². The number of ether oxygens (including phenoxy) is 1. The van der Waals surface area contributed by atoms with Crippen LogP contribution in [0.25, 0.3) is 16.8 Å². The summed E-state index contributed by atoms with van der Waals surface area (Å²) in [6.07, 6.45) is 6.26. The molecule has 0 bridgehead atoms. The second-order valence-corrected chi connectivity index (χ2v) is 12.3. The third kappa shape index (κ3) is 5.09. The van der Waals surface area contributed by atoms with E-state index in [2.05, 4.69) is 44.2 Å². The van der Waals surface area contributed by atoms with Crippen LogP contribution in [0.15, 0.2) is 35.1 Å². The summed E-state index contributed by atoms with van der Waals surface area (Å²) in [7, 11) is -2.15. The van der Waals surface area contributed by atoms with E-state index in [0.717, 1.165) is 11.4 Å². The topological polar surface area (TPSA) is 129 Å². The first kappa shape index (κ1) is 23.5. The standard InChI is InChI=1S/C24H29N7O3S/c1-17(2)12-28-35(33)9-7-30(8-10-35)20-4-3-18(13-26-20)22-23-19(11-25)14-27-31(23)15-21(29-22)34-16-24(32)5-6-24/h3-4,13-15,17,32H,5-10,12,16H2,1-2H3. The quantitative estimate of drug-likeness (QED) is 0.529. The molecule has 35 heavy (non-hydrogen) atoms. The molecule has 4 heterocycles. The molecule has 2 fully saturated rings. The average Bonchev–Trinajstić information content (AvgIpc) is 3.45. The van der Waals surface area contributed by atoms with Crippen molar-refractivity contribution in [3.63, 3.8) is 0 Å². The fourth-order valence-corrected chi connectivity index (χ4v) is 5.96. The van der Waals surface area contributed by atoms with Crippen LogP contribution < -0.4 is 9.64 Å². The lowest BCUT2D eigenvalue weighted by Crippen LogP contribution is -2.40. The molecule has 1 aliphatic heterocycles. The first-order valence-electron chi connectivity index (χ1n) is 11.8. The summed E-state index contributed by atoms with van der Waals surface area (Å²) in [5.74, 6) is 2.60. The normalized spacial score (nSPS) is 18.4. The van der Waals surface area contributed by atoms with Crippen molar-refractivity contribution in [1.29, 1.82) is 5.26 Å². The highest BCUT2D eigenvalue weighted by atomic mass is 32.2. The highest BCUT2D eigenvalue weighted by Crippen LogP contribution is 2.36. The predicted molar refractivity (Wildman–Crippen MR) is 133 cm³/mol. The van der Waals surface area contributed by atoms with Crippen molar-refractivity contribution >= 4 is 21.1 Å². The summed E-state index contributed by atoms with van der Waals surface area (Å²) >= 11 is 0. The number of hydrogen-bond acceptors (Lipinski definition) is 9. The molecular weight excluding hydrogens is 466 g/mol. The molecule has 0 radical (unpaired) electrons. The van der Waals surface area contributed by atoms with Crippen LogP contribution in [0, 0.1) is 17.2 Å². The number of anilines is 1. The van der Waals surface area contributed by atoms with Crippen LogP contribution >= 0.6 is 0 Å². The molecule has 0 atom stereocenters. The average molecular weight is 496 g/mol. The third-order valence-electron chi connectivity index (χ3n) is 6.29. The van der Waals surface area contributed by atoms with Gasteiger partial charge in [0.25, 0.3) is 0 Å². The smallest absolute Gasteiger partial charge is 0.233 e. The van der Waals surface area contributed by atoms with E-state index >= 15 is 0 Å². The molecule has 184 valence electrons. The Morgan fingerprint density at radius 2 is 2.06 bits per heavy atom. The summed E-state index contributed by atoms with van der Waals surface area (Å²) in [4.78, 5) is 11.4. The fourth-order valence-electron chi connectivity index (χ4n) is 3.92. The van der Waals surface area contributed by atoms with Crippen molar-refractivity contribution in [1.82, 2.24) is 19.6 Å². The van der Waals surface area contributed by atoms with Gasteiger partial charge in [0.1, 0.15) is 35.3 Å². The maximum absolute atomic E-state index is 13.0. The molecule has 10 nitrogen and oxygen atoms in total. The van der Waals surface area contributed by atoms with Crippen molar-refractivity contribution < 1.29 is 14.1 Å². The van der Waals surface area contributed by atoms with Crippen molar-refractivity contribution in [2.24, 2.45) is 10.3 Å². The number of aliphatic hydroxyl groups is 1. The van der Waals surface area contributed by atoms with Gasteiger partial charge in [-0.25, -0.2) is 23.1 Å². The number of aromatic nitrogens is 4. The van der Waals surface area contributed by atoms with E-state index in [1.165, 1.54) is 6.20 Å². The SMILES string of the molecule is CC(C)CN=S1(=O)CCN(c2ccc(-c3nc(OCC4(O)CC4)cn4ncc(C#N)c34)cn2)CC1. The highest BCUT2D eigenvalue weighted by molar-refractivity contribution is 7.93. The largest absolute Gasteiger partial charge is 0.473 e. The second kappa shape index (κ2) is 9.09. The van der Waals surface area contributed by atoms with E-state index in [-0.39, 0.29) is 6.61 Å². The second-order valence-electron chi connectivity index (χ2n) is 9.68. The number of nitriles is 1. The Morgan fingerprint density at radius 3 is 2.69 bits per heavy atom. The molecule has 3 aromatic heterocycles. The first-order valence-corrected chi connectivity index (χ1v) is 13.7. The summed E-state index contributed by atoms with van der Waals surface area (Å²) in [6, 6.07) is 5.99. The minimum absolute atomic E-state index is 0.163. The fraction of sp³-hybridized carbons (Fsp3) is 0.500. The number of hydrogen-bond donors (Lipinski definition) is 1. The molecule has 1 saturated carbocycles. The molecule has 0 spiro atoms. The lowest BCUT2D eigenvalue weighted by Gasteiger charge is -2.29. The molecule has 0 unspecified atom stereocenters. The van der Waals surface area contributed by atoms with Gasteiger partial charge in [0.05, 0.1) is 34.3 Å². The molecule has 0 amide bonds. The van der Waals surface area contributed by atoms with Gasteiger partial charge in [-0.05, 0) is 30.9 Å². The lowest BCUT2D eigenvalue weighted by atomic mass is 10.1. The van der Waals surface area contributed by atoms with Crippen LogP contribution in [0.3, 0.4) is 0 Å². The Balaban J connectivity index is 1.39. The molecule has 2 aliphatic rings. The maximum atomic E-state index is 13.0. The first-order chi connectivity index (χ1) is 16.8. The van der Waals surface area contributed by atoms with Crippen molar-refractivity contribution in [3.05, 3.63) is 36.3 Å². The van der Waals surface area contributed by atoms with E-state index in [1.54, 1.807) is 16.9 Å². The number of rotatable bonds is 7. The zero-order chi connectivity index (χ0) is 24.6.